The van der Waals surface area contributed by atoms with E-state index in [1.807, 2.05) is 0 Å². The lowest BCUT2D eigenvalue weighted by Crippen LogP contribution is -2.35. The van der Waals surface area contributed by atoms with E-state index in [2.05, 4.69) is 15.5 Å². The highest BCUT2D eigenvalue weighted by Gasteiger charge is 2.13. The number of halogens is 1. The van der Waals surface area contributed by atoms with Crippen LogP contribution in [0, 0.1) is 12.7 Å². The number of hydrogen-bond acceptors (Lipinski definition) is 3. The molecule has 1 heterocycles. The van der Waals surface area contributed by atoms with Gasteiger partial charge in [0, 0.05) is 18.8 Å². The van der Waals surface area contributed by atoms with Crippen LogP contribution in [0.2, 0.25) is 0 Å². The van der Waals surface area contributed by atoms with E-state index >= 15 is 0 Å². The first-order valence-corrected chi connectivity index (χ1v) is 6.64. The van der Waals surface area contributed by atoms with Gasteiger partial charge < -0.3 is 10.6 Å². The van der Waals surface area contributed by atoms with Crippen molar-refractivity contribution >= 4 is 11.6 Å². The molecule has 0 saturated carbocycles. The normalized spacial score (nSPS) is 16.9. The summed E-state index contributed by atoms with van der Waals surface area (Å²) >= 11 is 0. The van der Waals surface area contributed by atoms with Gasteiger partial charge in [-0.2, -0.15) is 0 Å². The molecule has 0 atom stereocenters. The number of nitrogens with one attached hydrogen (secondary N) is 2. The molecule has 19 heavy (non-hydrogen) atoms. The third kappa shape index (κ3) is 4.29. The topological polar surface area (TPSA) is 44.4 Å². The monoisotopic (exact) mass is 265 g/mol. The fraction of sp³-hybridized carbons (Fsp3) is 0.500. The van der Waals surface area contributed by atoms with Crippen LogP contribution in [0.25, 0.3) is 0 Å². The first kappa shape index (κ1) is 14.0. The van der Waals surface area contributed by atoms with Crippen molar-refractivity contribution in [2.75, 3.05) is 38.0 Å². The zero-order valence-corrected chi connectivity index (χ0v) is 11.2. The van der Waals surface area contributed by atoms with E-state index in [0.717, 1.165) is 32.6 Å². The summed E-state index contributed by atoms with van der Waals surface area (Å²) in [6.07, 6.45) is 1.05. The van der Waals surface area contributed by atoms with Gasteiger partial charge in [-0.25, -0.2) is 4.39 Å². The van der Waals surface area contributed by atoms with Crippen LogP contribution in [0.15, 0.2) is 18.2 Å². The predicted octanol–water partition coefficient (Wildman–Crippen LogP) is 1.37. The number of carbonyl (C=O) groups excluding carboxylic acids is 1. The van der Waals surface area contributed by atoms with E-state index in [1.54, 1.807) is 19.1 Å². The maximum Gasteiger partial charge on any atom is 0.238 e. The lowest BCUT2D eigenvalue weighted by Gasteiger charge is -2.18. The molecule has 1 aromatic carbocycles. The minimum absolute atomic E-state index is 0.0925. The summed E-state index contributed by atoms with van der Waals surface area (Å²) in [5.41, 5.74) is 1.10. The predicted molar refractivity (Wildman–Crippen MR) is 73.7 cm³/mol. The molecule has 1 aliphatic rings. The van der Waals surface area contributed by atoms with Crippen molar-refractivity contribution in [3.63, 3.8) is 0 Å². The lowest BCUT2D eigenvalue weighted by atomic mass is 10.2. The lowest BCUT2D eigenvalue weighted by molar-refractivity contribution is -0.117. The highest BCUT2D eigenvalue weighted by molar-refractivity contribution is 5.92. The molecule has 2 N–H and O–H groups in total. The molecule has 0 aromatic heterocycles. The fourth-order valence-corrected chi connectivity index (χ4v) is 2.13. The Bertz CT molecular complexity index is 442. The Kier molecular flexibility index (Phi) is 4.87. The highest BCUT2D eigenvalue weighted by Crippen LogP contribution is 2.13. The Morgan fingerprint density at radius 3 is 3.05 bits per heavy atom. The second-order valence-electron chi connectivity index (χ2n) is 4.89. The second-order valence-corrected chi connectivity index (χ2v) is 4.89. The molecule has 0 spiro atoms. The first-order valence-electron chi connectivity index (χ1n) is 6.64. The van der Waals surface area contributed by atoms with E-state index in [1.165, 1.54) is 6.07 Å². The van der Waals surface area contributed by atoms with Crippen molar-refractivity contribution in [3.8, 4) is 0 Å². The summed E-state index contributed by atoms with van der Waals surface area (Å²) in [6.45, 7) is 5.76. The van der Waals surface area contributed by atoms with E-state index in [9.17, 15) is 9.18 Å². The number of aryl methyl sites for hydroxylation is 1. The van der Waals surface area contributed by atoms with Crippen molar-refractivity contribution in [1.29, 1.82) is 0 Å². The van der Waals surface area contributed by atoms with Gasteiger partial charge in [0.15, 0.2) is 0 Å². The maximum atomic E-state index is 13.4. The van der Waals surface area contributed by atoms with Crippen molar-refractivity contribution in [3.05, 3.63) is 29.6 Å². The third-order valence-electron chi connectivity index (χ3n) is 3.26. The summed E-state index contributed by atoms with van der Waals surface area (Å²) in [7, 11) is 0. The van der Waals surface area contributed by atoms with Gasteiger partial charge in [0.25, 0.3) is 0 Å². The smallest absolute Gasteiger partial charge is 0.238 e. The number of carbonyl (C=O) groups is 1. The molecular weight excluding hydrogens is 245 g/mol. The first-order chi connectivity index (χ1) is 9.15. The van der Waals surface area contributed by atoms with Gasteiger partial charge in [0.05, 0.1) is 6.54 Å². The van der Waals surface area contributed by atoms with Gasteiger partial charge >= 0.3 is 0 Å². The van der Waals surface area contributed by atoms with E-state index in [0.29, 0.717) is 17.8 Å². The van der Waals surface area contributed by atoms with Gasteiger partial charge in [-0.15, -0.1) is 0 Å². The van der Waals surface area contributed by atoms with Crippen LogP contribution in [0.4, 0.5) is 10.1 Å². The standard InChI is InChI=1S/C14H20FN3O/c1-11-3-4-12(9-13(11)15)17-14(19)10-18-7-2-5-16-6-8-18/h3-4,9,16H,2,5-8,10H2,1H3,(H,17,19). The minimum Gasteiger partial charge on any atom is -0.325 e. The molecule has 1 fully saturated rings. The third-order valence-corrected chi connectivity index (χ3v) is 3.26. The minimum atomic E-state index is -0.295. The molecule has 104 valence electrons. The van der Waals surface area contributed by atoms with Crippen molar-refractivity contribution < 1.29 is 9.18 Å². The van der Waals surface area contributed by atoms with E-state index in [4.69, 9.17) is 0 Å². The number of benzene rings is 1. The van der Waals surface area contributed by atoms with Crippen molar-refractivity contribution in [2.24, 2.45) is 0 Å². The Hall–Kier alpha value is -1.46. The number of hydrogen-bond donors (Lipinski definition) is 2. The van der Waals surface area contributed by atoms with Gasteiger partial charge in [-0.05, 0) is 44.1 Å². The number of nitrogens with zero attached hydrogens (tertiary/aromatic N) is 1. The van der Waals surface area contributed by atoms with Gasteiger partial charge in [0.2, 0.25) is 5.91 Å². The van der Waals surface area contributed by atoms with Crippen LogP contribution < -0.4 is 10.6 Å². The zero-order valence-electron chi connectivity index (χ0n) is 11.2. The Labute approximate surface area is 113 Å². The summed E-state index contributed by atoms with van der Waals surface area (Å²) in [4.78, 5) is 14.0. The summed E-state index contributed by atoms with van der Waals surface area (Å²) in [5, 5.41) is 6.03. The van der Waals surface area contributed by atoms with Crippen LogP contribution in [0.1, 0.15) is 12.0 Å². The maximum absolute atomic E-state index is 13.4. The molecule has 4 nitrogen and oxygen atoms in total. The molecule has 1 aromatic rings. The fourth-order valence-electron chi connectivity index (χ4n) is 2.13. The van der Waals surface area contributed by atoms with Gasteiger partial charge in [-0.1, -0.05) is 6.07 Å². The molecule has 1 aliphatic heterocycles. The number of amides is 1. The molecule has 5 heteroatoms. The van der Waals surface area contributed by atoms with Crippen LogP contribution in [0.5, 0.6) is 0 Å². The molecule has 0 aliphatic carbocycles. The summed E-state index contributed by atoms with van der Waals surface area (Å²) in [5.74, 6) is -0.387. The van der Waals surface area contributed by atoms with Crippen molar-refractivity contribution in [1.82, 2.24) is 10.2 Å². The van der Waals surface area contributed by atoms with E-state index in [-0.39, 0.29) is 11.7 Å². The van der Waals surface area contributed by atoms with Crippen LogP contribution in [-0.4, -0.2) is 43.5 Å². The molecule has 2 rings (SSSR count). The average molecular weight is 265 g/mol. The Morgan fingerprint density at radius 1 is 1.42 bits per heavy atom. The van der Waals surface area contributed by atoms with Crippen molar-refractivity contribution in [2.45, 2.75) is 13.3 Å². The summed E-state index contributed by atoms with van der Waals surface area (Å²) < 4.78 is 13.4. The van der Waals surface area contributed by atoms with Crippen LogP contribution >= 0.6 is 0 Å². The molecule has 0 radical (unpaired) electrons. The largest absolute Gasteiger partial charge is 0.325 e. The average Bonchev–Trinajstić information content (AvgIpc) is 2.62. The van der Waals surface area contributed by atoms with E-state index < -0.39 is 0 Å². The molecule has 0 bridgehead atoms. The molecule has 1 amide bonds. The molecule has 0 unspecified atom stereocenters. The molecule has 1 saturated heterocycles. The number of rotatable bonds is 3. The zero-order chi connectivity index (χ0) is 13.7. The summed E-state index contributed by atoms with van der Waals surface area (Å²) in [6, 6.07) is 4.75. The number of anilines is 1. The molecular formula is C14H20FN3O. The van der Waals surface area contributed by atoms with Gasteiger partial charge in [0.1, 0.15) is 5.82 Å². The quantitative estimate of drug-likeness (QED) is 0.867. The Balaban J connectivity index is 1.87. The van der Waals surface area contributed by atoms with Crippen LogP contribution in [-0.2, 0) is 4.79 Å². The highest BCUT2D eigenvalue weighted by atomic mass is 19.1. The second kappa shape index (κ2) is 6.63. The Morgan fingerprint density at radius 2 is 2.26 bits per heavy atom. The SMILES string of the molecule is Cc1ccc(NC(=O)CN2CCCNCC2)cc1F. The van der Waals surface area contributed by atoms with Crippen LogP contribution in [0.3, 0.4) is 0 Å². The van der Waals surface area contributed by atoms with Gasteiger partial charge in [-0.3, -0.25) is 9.69 Å².